The number of rotatable bonds is 4. The molecule has 0 amide bonds. The first-order chi connectivity index (χ1) is 10.8. The van der Waals surface area contributed by atoms with E-state index in [0.717, 1.165) is 22.4 Å². The largest absolute Gasteiger partial charge is 0.353 e. The minimum atomic E-state index is 0.541. The number of aromatic nitrogens is 5. The van der Waals surface area contributed by atoms with Gasteiger partial charge in [0.1, 0.15) is 5.82 Å². The summed E-state index contributed by atoms with van der Waals surface area (Å²) in [5.74, 6) is 2.33. The Kier molecular flexibility index (Phi) is 3.67. The topological polar surface area (TPSA) is 68.0 Å². The van der Waals surface area contributed by atoms with Crippen LogP contribution in [0.25, 0.3) is 5.65 Å². The Labute approximate surface area is 136 Å². The molecular formula is C14H15ClN6S. The van der Waals surface area contributed by atoms with E-state index >= 15 is 0 Å². The minimum Gasteiger partial charge on any atom is -0.353 e. The maximum atomic E-state index is 6.02. The van der Waals surface area contributed by atoms with Gasteiger partial charge in [-0.15, -0.1) is 10.2 Å². The molecule has 0 aromatic carbocycles. The van der Waals surface area contributed by atoms with Crippen LogP contribution in [0.2, 0.25) is 5.02 Å². The minimum absolute atomic E-state index is 0.541. The van der Waals surface area contributed by atoms with Crippen molar-refractivity contribution in [2.24, 2.45) is 0 Å². The van der Waals surface area contributed by atoms with Crippen molar-refractivity contribution in [2.45, 2.75) is 38.1 Å². The first-order valence-corrected chi connectivity index (χ1v) is 8.51. The zero-order valence-corrected chi connectivity index (χ0v) is 13.4. The average Bonchev–Trinajstić information content (AvgIpc) is 3.25. The van der Waals surface area contributed by atoms with Gasteiger partial charge in [0.25, 0.3) is 0 Å². The summed E-state index contributed by atoms with van der Waals surface area (Å²) in [6.07, 6.45) is 6.82. The zero-order valence-electron chi connectivity index (χ0n) is 11.9. The summed E-state index contributed by atoms with van der Waals surface area (Å²) in [6.45, 7) is 0.542. The highest BCUT2D eigenvalue weighted by atomic mass is 35.5. The highest BCUT2D eigenvalue weighted by Gasteiger charge is 2.21. The van der Waals surface area contributed by atoms with Crippen LogP contribution in [0.4, 0.5) is 5.13 Å². The standard InChI is InChI=1S/C14H15ClN6S/c15-10-5-6-11-18-19-12(21(11)8-10)7-16-14-17-13(20-22-14)9-3-1-2-4-9/h5-6,8-9H,1-4,7H2,(H,16,17,20). The zero-order chi connectivity index (χ0) is 14.9. The van der Waals surface area contributed by atoms with Gasteiger partial charge in [0.05, 0.1) is 11.6 Å². The smallest absolute Gasteiger partial charge is 0.202 e. The fraction of sp³-hybridized carbons (Fsp3) is 0.429. The van der Waals surface area contributed by atoms with E-state index < -0.39 is 0 Å². The molecule has 0 bridgehead atoms. The van der Waals surface area contributed by atoms with Crippen molar-refractivity contribution in [3.8, 4) is 0 Å². The van der Waals surface area contributed by atoms with Crippen molar-refractivity contribution in [2.75, 3.05) is 5.32 Å². The fourth-order valence-electron chi connectivity index (χ4n) is 2.84. The van der Waals surface area contributed by atoms with Gasteiger partial charge in [-0.2, -0.15) is 4.37 Å². The van der Waals surface area contributed by atoms with Gasteiger partial charge in [-0.1, -0.05) is 24.4 Å². The molecule has 114 valence electrons. The van der Waals surface area contributed by atoms with E-state index in [1.165, 1.54) is 37.2 Å². The molecule has 1 aliphatic rings. The van der Waals surface area contributed by atoms with Crippen LogP contribution in [0, 0.1) is 0 Å². The molecular weight excluding hydrogens is 320 g/mol. The second kappa shape index (κ2) is 5.81. The van der Waals surface area contributed by atoms with Crippen molar-refractivity contribution in [1.29, 1.82) is 0 Å². The third kappa shape index (κ3) is 2.66. The molecule has 1 saturated carbocycles. The number of hydrogen-bond acceptors (Lipinski definition) is 6. The number of anilines is 1. The van der Waals surface area contributed by atoms with Gasteiger partial charge < -0.3 is 5.32 Å². The number of hydrogen-bond donors (Lipinski definition) is 1. The summed E-state index contributed by atoms with van der Waals surface area (Å²) in [7, 11) is 0. The second-order valence-corrected chi connectivity index (χ2v) is 6.67. The summed E-state index contributed by atoms with van der Waals surface area (Å²) in [4.78, 5) is 4.60. The Hall–Kier alpha value is -1.73. The van der Waals surface area contributed by atoms with Crippen LogP contribution in [-0.4, -0.2) is 24.0 Å². The van der Waals surface area contributed by atoms with Crippen molar-refractivity contribution in [3.63, 3.8) is 0 Å². The van der Waals surface area contributed by atoms with Crippen LogP contribution in [0.15, 0.2) is 18.3 Å². The van der Waals surface area contributed by atoms with Crippen LogP contribution >= 0.6 is 23.1 Å². The van der Waals surface area contributed by atoms with E-state index in [-0.39, 0.29) is 0 Å². The molecule has 0 atom stereocenters. The molecule has 3 aromatic rings. The normalized spacial score (nSPS) is 15.7. The third-order valence-corrected chi connectivity index (χ3v) is 4.91. The van der Waals surface area contributed by atoms with Crippen LogP contribution in [0.1, 0.15) is 43.3 Å². The molecule has 3 heterocycles. The highest BCUT2D eigenvalue weighted by molar-refractivity contribution is 7.09. The van der Waals surface area contributed by atoms with Gasteiger partial charge in [0.2, 0.25) is 5.13 Å². The highest BCUT2D eigenvalue weighted by Crippen LogP contribution is 2.33. The van der Waals surface area contributed by atoms with Gasteiger partial charge in [-0.3, -0.25) is 4.40 Å². The van der Waals surface area contributed by atoms with Crippen LogP contribution in [0.3, 0.4) is 0 Å². The molecule has 1 aliphatic carbocycles. The maximum Gasteiger partial charge on any atom is 0.202 e. The first-order valence-electron chi connectivity index (χ1n) is 7.36. The van der Waals surface area contributed by atoms with Gasteiger partial charge in [-0.05, 0) is 25.0 Å². The predicted octanol–water partition coefficient (Wildman–Crippen LogP) is 3.50. The number of halogens is 1. The molecule has 22 heavy (non-hydrogen) atoms. The van der Waals surface area contributed by atoms with E-state index in [2.05, 4.69) is 24.9 Å². The van der Waals surface area contributed by atoms with Crippen LogP contribution < -0.4 is 5.32 Å². The molecule has 8 heteroatoms. The van der Waals surface area contributed by atoms with E-state index in [1.54, 1.807) is 6.07 Å². The Bertz CT molecular complexity index is 792. The van der Waals surface area contributed by atoms with E-state index in [1.807, 2.05) is 16.7 Å². The lowest BCUT2D eigenvalue weighted by molar-refractivity contribution is 0.681. The van der Waals surface area contributed by atoms with E-state index in [4.69, 9.17) is 11.6 Å². The molecule has 1 fully saturated rings. The number of pyridine rings is 1. The van der Waals surface area contributed by atoms with Crippen LogP contribution in [-0.2, 0) is 6.54 Å². The number of nitrogens with one attached hydrogen (secondary N) is 1. The molecule has 0 aliphatic heterocycles. The summed E-state index contributed by atoms with van der Waals surface area (Å²) < 4.78 is 6.36. The van der Waals surface area contributed by atoms with Crippen molar-refractivity contribution in [3.05, 3.63) is 35.0 Å². The molecule has 1 N–H and O–H groups in total. The van der Waals surface area contributed by atoms with Crippen molar-refractivity contribution in [1.82, 2.24) is 24.0 Å². The maximum absolute atomic E-state index is 6.02. The van der Waals surface area contributed by atoms with Crippen molar-refractivity contribution >= 4 is 33.9 Å². The average molecular weight is 335 g/mol. The summed E-state index contributed by atoms with van der Waals surface area (Å²) in [5.41, 5.74) is 0.783. The molecule has 0 saturated heterocycles. The van der Waals surface area contributed by atoms with E-state index in [9.17, 15) is 0 Å². The quantitative estimate of drug-likeness (QED) is 0.790. The fourth-order valence-corrected chi connectivity index (χ4v) is 3.65. The second-order valence-electron chi connectivity index (χ2n) is 5.48. The molecule has 4 rings (SSSR count). The first kappa shape index (κ1) is 13.9. The van der Waals surface area contributed by atoms with Gasteiger partial charge in [-0.25, -0.2) is 4.98 Å². The number of fused-ring (bicyclic) bond motifs is 1. The lowest BCUT2D eigenvalue weighted by Gasteiger charge is -2.02. The molecule has 0 radical (unpaired) electrons. The molecule has 6 nitrogen and oxygen atoms in total. The van der Waals surface area contributed by atoms with Crippen molar-refractivity contribution < 1.29 is 0 Å². The SMILES string of the molecule is Clc1ccc2nnc(CNc3nc(C4CCCC4)ns3)n2c1. The Morgan fingerprint density at radius 3 is 3.00 bits per heavy atom. The Morgan fingerprint density at radius 1 is 1.27 bits per heavy atom. The Morgan fingerprint density at radius 2 is 2.14 bits per heavy atom. The van der Waals surface area contributed by atoms with Gasteiger partial charge in [0.15, 0.2) is 11.5 Å². The Balaban J connectivity index is 1.48. The van der Waals surface area contributed by atoms with E-state index in [0.29, 0.717) is 17.5 Å². The van der Waals surface area contributed by atoms with Crippen LogP contribution in [0.5, 0.6) is 0 Å². The monoisotopic (exact) mass is 334 g/mol. The summed E-state index contributed by atoms with van der Waals surface area (Å²) in [6, 6.07) is 3.66. The molecule has 3 aromatic heterocycles. The predicted molar refractivity (Wildman–Crippen MR) is 86.4 cm³/mol. The lowest BCUT2D eigenvalue weighted by atomic mass is 10.1. The molecule has 0 spiro atoms. The van der Waals surface area contributed by atoms with Gasteiger partial charge in [0, 0.05) is 23.6 Å². The lowest BCUT2D eigenvalue weighted by Crippen LogP contribution is -2.04. The third-order valence-electron chi connectivity index (χ3n) is 4.00. The summed E-state index contributed by atoms with van der Waals surface area (Å²) in [5, 5.41) is 13.1. The van der Waals surface area contributed by atoms with Gasteiger partial charge >= 0.3 is 0 Å². The number of nitrogens with zero attached hydrogens (tertiary/aromatic N) is 5. The summed E-state index contributed by atoms with van der Waals surface area (Å²) >= 11 is 7.43. The molecule has 0 unspecified atom stereocenters.